The van der Waals surface area contributed by atoms with Gasteiger partial charge in [0.15, 0.2) is 0 Å². The first kappa shape index (κ1) is 12.4. The summed E-state index contributed by atoms with van der Waals surface area (Å²) >= 11 is 0. The molecule has 0 amide bonds. The molecule has 0 unspecified atom stereocenters. The molecule has 0 atom stereocenters. The maximum atomic E-state index is 10.7. The van der Waals surface area contributed by atoms with Crippen molar-refractivity contribution in [1.29, 1.82) is 0 Å². The maximum absolute atomic E-state index is 10.7. The summed E-state index contributed by atoms with van der Waals surface area (Å²) < 4.78 is 5.28. The van der Waals surface area contributed by atoms with Gasteiger partial charge in [0.2, 0.25) is 5.88 Å². The zero-order valence-electron chi connectivity index (χ0n) is 9.56. The fourth-order valence-corrected chi connectivity index (χ4v) is 1.03. The smallest absolute Gasteiger partial charge is 0.279 e. The van der Waals surface area contributed by atoms with E-state index in [2.05, 4.69) is 4.98 Å². The average Bonchev–Trinajstić information content (AvgIpc) is 2.14. The second-order valence-electron chi connectivity index (χ2n) is 4.34. The molecule has 1 heterocycles. The van der Waals surface area contributed by atoms with Gasteiger partial charge in [0.05, 0.1) is 11.0 Å². The zero-order chi connectivity index (χ0) is 12.3. The summed E-state index contributed by atoms with van der Waals surface area (Å²) in [5.74, 6) is 0.218. The second-order valence-corrected chi connectivity index (χ2v) is 4.34. The van der Waals surface area contributed by atoms with Gasteiger partial charge >= 0.3 is 0 Å². The van der Waals surface area contributed by atoms with Gasteiger partial charge in [-0.3, -0.25) is 10.1 Å². The minimum Gasteiger partial charge on any atom is -0.476 e. The first-order chi connectivity index (χ1) is 7.29. The predicted octanol–water partition coefficient (Wildman–Crippen LogP) is 1.41. The number of nitrogens with two attached hydrogens (primary N) is 1. The summed E-state index contributed by atoms with van der Waals surface area (Å²) in [6.45, 7) is 5.48. The van der Waals surface area contributed by atoms with Crippen LogP contribution in [0.2, 0.25) is 0 Å². The minimum atomic E-state index is -0.499. The molecule has 6 nitrogen and oxygen atoms in total. The van der Waals surface area contributed by atoms with Gasteiger partial charge in [0.25, 0.3) is 5.69 Å². The first-order valence-electron chi connectivity index (χ1n) is 4.82. The fraction of sp³-hybridized carbons (Fsp3) is 0.500. The summed E-state index contributed by atoms with van der Waals surface area (Å²) in [7, 11) is 0. The molecule has 0 aromatic carbocycles. The highest BCUT2D eigenvalue weighted by Crippen LogP contribution is 2.21. The van der Waals surface area contributed by atoms with Gasteiger partial charge in [-0.05, 0) is 20.8 Å². The van der Waals surface area contributed by atoms with Crippen LogP contribution >= 0.6 is 0 Å². The van der Waals surface area contributed by atoms with Crippen LogP contribution in [0.1, 0.15) is 19.4 Å². The van der Waals surface area contributed by atoms with Crippen LogP contribution in [-0.4, -0.2) is 22.1 Å². The standard InChI is InChI=1S/C10H15N3O3/c1-7-5-12-9(4-8(7)13(14)15)16-6-10(2,3)11/h4-5H,6,11H2,1-3H3. The van der Waals surface area contributed by atoms with Crippen LogP contribution < -0.4 is 10.5 Å². The molecule has 0 saturated heterocycles. The van der Waals surface area contributed by atoms with Gasteiger partial charge in [-0.1, -0.05) is 0 Å². The van der Waals surface area contributed by atoms with Crippen LogP contribution in [0.3, 0.4) is 0 Å². The molecule has 1 aromatic rings. The molecule has 6 heteroatoms. The van der Waals surface area contributed by atoms with Crippen molar-refractivity contribution in [1.82, 2.24) is 4.98 Å². The van der Waals surface area contributed by atoms with Gasteiger partial charge < -0.3 is 10.5 Å². The van der Waals surface area contributed by atoms with E-state index in [-0.39, 0.29) is 18.2 Å². The van der Waals surface area contributed by atoms with E-state index < -0.39 is 10.5 Å². The molecule has 0 fully saturated rings. The van der Waals surface area contributed by atoms with Crippen molar-refractivity contribution in [3.8, 4) is 5.88 Å². The lowest BCUT2D eigenvalue weighted by molar-refractivity contribution is -0.385. The van der Waals surface area contributed by atoms with Gasteiger partial charge in [-0.15, -0.1) is 0 Å². The molecule has 0 aliphatic rings. The Bertz CT molecular complexity index is 399. The zero-order valence-corrected chi connectivity index (χ0v) is 9.56. The minimum absolute atomic E-state index is 0.000160. The number of hydrogen-bond donors (Lipinski definition) is 1. The summed E-state index contributed by atoms with van der Waals surface area (Å²) in [5.41, 5.74) is 5.73. The van der Waals surface area contributed by atoms with E-state index in [1.54, 1.807) is 20.8 Å². The van der Waals surface area contributed by atoms with Crippen molar-refractivity contribution in [2.24, 2.45) is 5.73 Å². The molecule has 1 aromatic heterocycles. The third kappa shape index (κ3) is 3.47. The van der Waals surface area contributed by atoms with Crippen molar-refractivity contribution in [2.75, 3.05) is 6.61 Å². The molecule has 2 N–H and O–H groups in total. The lowest BCUT2D eigenvalue weighted by Crippen LogP contribution is -2.38. The van der Waals surface area contributed by atoms with Crippen LogP contribution in [0.25, 0.3) is 0 Å². The highest BCUT2D eigenvalue weighted by molar-refractivity contribution is 5.40. The number of nitrogens with zero attached hydrogens (tertiary/aromatic N) is 2. The second kappa shape index (κ2) is 4.44. The Labute approximate surface area is 93.6 Å². The topological polar surface area (TPSA) is 91.3 Å². The Kier molecular flexibility index (Phi) is 3.44. The van der Waals surface area contributed by atoms with Crippen molar-refractivity contribution in [3.63, 3.8) is 0 Å². The van der Waals surface area contributed by atoms with Crippen LogP contribution in [0.5, 0.6) is 5.88 Å². The molecule has 88 valence electrons. The van der Waals surface area contributed by atoms with Crippen LogP contribution in [0.4, 0.5) is 5.69 Å². The summed E-state index contributed by atoms with van der Waals surface area (Å²) in [6.07, 6.45) is 1.41. The van der Waals surface area contributed by atoms with E-state index in [1.807, 2.05) is 0 Å². The Balaban J connectivity index is 2.83. The van der Waals surface area contributed by atoms with Crippen LogP contribution in [-0.2, 0) is 0 Å². The molecular formula is C10H15N3O3. The number of rotatable bonds is 4. The summed E-state index contributed by atoms with van der Waals surface area (Å²) in [5, 5.41) is 10.7. The molecule has 0 radical (unpaired) electrons. The molecule has 0 aliphatic heterocycles. The van der Waals surface area contributed by atoms with Crippen LogP contribution in [0, 0.1) is 17.0 Å². The number of hydrogen-bond acceptors (Lipinski definition) is 5. The number of ether oxygens (including phenoxy) is 1. The van der Waals surface area contributed by atoms with E-state index in [0.29, 0.717) is 5.56 Å². The average molecular weight is 225 g/mol. The number of nitro groups is 1. The van der Waals surface area contributed by atoms with E-state index in [0.717, 1.165) is 0 Å². The Morgan fingerprint density at radius 3 is 2.75 bits per heavy atom. The van der Waals surface area contributed by atoms with E-state index >= 15 is 0 Å². The molecule has 16 heavy (non-hydrogen) atoms. The number of aromatic nitrogens is 1. The first-order valence-corrected chi connectivity index (χ1v) is 4.82. The molecule has 0 saturated carbocycles. The molecule has 1 rings (SSSR count). The molecule has 0 aliphatic carbocycles. The van der Waals surface area contributed by atoms with Gasteiger partial charge in [-0.2, -0.15) is 0 Å². The number of aryl methyl sites for hydroxylation is 1. The van der Waals surface area contributed by atoms with Crippen molar-refractivity contribution >= 4 is 5.69 Å². The molecular weight excluding hydrogens is 210 g/mol. The lowest BCUT2D eigenvalue weighted by Gasteiger charge is -2.18. The Hall–Kier alpha value is -1.69. The third-order valence-electron chi connectivity index (χ3n) is 1.84. The Morgan fingerprint density at radius 1 is 1.62 bits per heavy atom. The van der Waals surface area contributed by atoms with Gasteiger partial charge in [0.1, 0.15) is 6.61 Å². The highest BCUT2D eigenvalue weighted by atomic mass is 16.6. The van der Waals surface area contributed by atoms with E-state index in [4.69, 9.17) is 10.5 Å². The largest absolute Gasteiger partial charge is 0.476 e. The van der Waals surface area contributed by atoms with Crippen molar-refractivity contribution in [3.05, 3.63) is 27.9 Å². The SMILES string of the molecule is Cc1cnc(OCC(C)(C)N)cc1[N+](=O)[O-]. The van der Waals surface area contributed by atoms with Crippen molar-refractivity contribution < 1.29 is 9.66 Å². The normalized spacial score (nSPS) is 11.2. The highest BCUT2D eigenvalue weighted by Gasteiger charge is 2.15. The van der Waals surface area contributed by atoms with E-state index in [1.165, 1.54) is 12.3 Å². The predicted molar refractivity (Wildman–Crippen MR) is 59.4 cm³/mol. The van der Waals surface area contributed by atoms with Crippen LogP contribution in [0.15, 0.2) is 12.3 Å². The summed E-state index contributed by atoms with van der Waals surface area (Å²) in [4.78, 5) is 14.2. The number of pyridine rings is 1. The lowest BCUT2D eigenvalue weighted by atomic mass is 10.1. The quantitative estimate of drug-likeness (QED) is 0.618. The Morgan fingerprint density at radius 2 is 2.25 bits per heavy atom. The van der Waals surface area contributed by atoms with Crippen molar-refractivity contribution in [2.45, 2.75) is 26.3 Å². The maximum Gasteiger partial charge on any atom is 0.279 e. The fourth-order valence-electron chi connectivity index (χ4n) is 1.03. The van der Waals surface area contributed by atoms with Gasteiger partial charge in [-0.25, -0.2) is 4.98 Å². The third-order valence-corrected chi connectivity index (χ3v) is 1.84. The summed E-state index contributed by atoms with van der Waals surface area (Å²) in [6, 6.07) is 1.31. The monoisotopic (exact) mass is 225 g/mol. The van der Waals surface area contributed by atoms with Gasteiger partial charge in [0, 0.05) is 17.3 Å². The molecule has 0 spiro atoms. The van der Waals surface area contributed by atoms with E-state index in [9.17, 15) is 10.1 Å². The molecule has 0 bridgehead atoms.